The van der Waals surface area contributed by atoms with E-state index in [1.165, 1.54) is 0 Å². The van der Waals surface area contributed by atoms with Gasteiger partial charge >= 0.3 is 0 Å². The number of carbonyl (C=O) groups is 3. The third kappa shape index (κ3) is 2.80. The first-order valence-corrected chi connectivity index (χ1v) is 8.96. The first-order valence-electron chi connectivity index (χ1n) is 8.96. The lowest BCUT2D eigenvalue weighted by Gasteiger charge is -2.39. The van der Waals surface area contributed by atoms with Crippen molar-refractivity contribution in [1.82, 2.24) is 0 Å². The molecule has 0 unspecified atom stereocenters. The second-order valence-corrected chi connectivity index (χ2v) is 7.08. The smallest absolute Gasteiger partial charge is 0.170 e. The van der Waals surface area contributed by atoms with Crippen LogP contribution in [-0.2, 0) is 9.53 Å². The molecule has 0 aliphatic heterocycles. The van der Waals surface area contributed by atoms with Gasteiger partial charge in [-0.1, -0.05) is 54.6 Å². The predicted octanol–water partition coefficient (Wildman–Crippen LogP) is 3.81. The Morgan fingerprint density at radius 3 is 2.15 bits per heavy atom. The van der Waals surface area contributed by atoms with Gasteiger partial charge in [0.2, 0.25) is 0 Å². The summed E-state index contributed by atoms with van der Waals surface area (Å²) in [5.41, 5.74) is 1.87. The molecule has 132 valence electrons. The lowest BCUT2D eigenvalue weighted by molar-refractivity contribution is -0.131. The van der Waals surface area contributed by atoms with E-state index in [1.54, 1.807) is 24.3 Å². The van der Waals surface area contributed by atoms with Crippen molar-refractivity contribution >= 4 is 17.3 Å². The van der Waals surface area contributed by atoms with Crippen molar-refractivity contribution in [1.29, 1.82) is 0 Å². The van der Waals surface area contributed by atoms with E-state index in [4.69, 9.17) is 4.74 Å². The summed E-state index contributed by atoms with van der Waals surface area (Å²) in [5.74, 6) is -1.40. The SMILES string of the molecule is C[C@H](O[C@@H]1CC(=O)C[C@@H]2C(=O)c3ccccc3C(=O)[C@H]21)c1ccccc1. The number of Topliss-reactive ketones (excluding diaryl/α,β-unsaturated/α-hetero) is 3. The van der Waals surface area contributed by atoms with Crippen LogP contribution in [0.1, 0.15) is 52.1 Å². The third-order valence-corrected chi connectivity index (χ3v) is 5.46. The van der Waals surface area contributed by atoms with Gasteiger partial charge in [-0.25, -0.2) is 0 Å². The first kappa shape index (κ1) is 16.9. The van der Waals surface area contributed by atoms with Crippen molar-refractivity contribution in [2.45, 2.75) is 32.0 Å². The van der Waals surface area contributed by atoms with Crippen LogP contribution in [-0.4, -0.2) is 23.5 Å². The molecule has 0 aromatic heterocycles. The summed E-state index contributed by atoms with van der Waals surface area (Å²) in [6, 6.07) is 16.6. The van der Waals surface area contributed by atoms with Crippen LogP contribution in [0.2, 0.25) is 0 Å². The Morgan fingerprint density at radius 1 is 0.846 bits per heavy atom. The van der Waals surface area contributed by atoms with Crippen molar-refractivity contribution in [3.8, 4) is 0 Å². The molecule has 26 heavy (non-hydrogen) atoms. The number of ketones is 3. The number of carbonyl (C=O) groups excluding carboxylic acids is 3. The second kappa shape index (κ2) is 6.61. The monoisotopic (exact) mass is 348 g/mol. The van der Waals surface area contributed by atoms with Crippen molar-refractivity contribution < 1.29 is 19.1 Å². The zero-order valence-electron chi connectivity index (χ0n) is 14.6. The molecule has 0 bridgehead atoms. The predicted molar refractivity (Wildman–Crippen MR) is 96.1 cm³/mol. The Hall–Kier alpha value is -2.59. The Kier molecular flexibility index (Phi) is 4.29. The van der Waals surface area contributed by atoms with Crippen LogP contribution in [0.3, 0.4) is 0 Å². The zero-order chi connectivity index (χ0) is 18.3. The quantitative estimate of drug-likeness (QED) is 0.846. The van der Waals surface area contributed by atoms with E-state index in [9.17, 15) is 14.4 Å². The van der Waals surface area contributed by atoms with Gasteiger partial charge in [0.1, 0.15) is 5.78 Å². The standard InChI is InChI=1S/C22H20O4/c1-13(14-7-3-2-4-8-14)26-19-12-15(23)11-18-20(19)22(25)17-10-6-5-9-16(17)21(18)24/h2-10,13,18-20H,11-12H2,1H3/t13-,18-,19+,20+/m0/s1. The zero-order valence-corrected chi connectivity index (χ0v) is 14.6. The molecule has 0 spiro atoms. The number of hydrogen-bond acceptors (Lipinski definition) is 4. The highest BCUT2D eigenvalue weighted by molar-refractivity contribution is 6.17. The van der Waals surface area contributed by atoms with E-state index >= 15 is 0 Å². The molecule has 0 heterocycles. The lowest BCUT2D eigenvalue weighted by atomic mass is 9.65. The van der Waals surface area contributed by atoms with E-state index < -0.39 is 17.9 Å². The number of ether oxygens (including phenoxy) is 1. The summed E-state index contributed by atoms with van der Waals surface area (Å²) in [7, 11) is 0. The molecular weight excluding hydrogens is 328 g/mol. The Morgan fingerprint density at radius 2 is 1.46 bits per heavy atom. The van der Waals surface area contributed by atoms with Crippen molar-refractivity contribution in [3.63, 3.8) is 0 Å². The highest BCUT2D eigenvalue weighted by Gasteiger charge is 2.50. The van der Waals surface area contributed by atoms with Gasteiger partial charge in [-0.2, -0.15) is 0 Å². The maximum Gasteiger partial charge on any atom is 0.170 e. The molecule has 4 atom stereocenters. The van der Waals surface area contributed by atoms with Crippen molar-refractivity contribution in [2.24, 2.45) is 11.8 Å². The largest absolute Gasteiger partial charge is 0.369 e. The molecule has 4 nitrogen and oxygen atoms in total. The van der Waals surface area contributed by atoms with Crippen LogP contribution in [0.5, 0.6) is 0 Å². The van der Waals surface area contributed by atoms with E-state index in [0.717, 1.165) is 5.56 Å². The van der Waals surface area contributed by atoms with Crippen LogP contribution >= 0.6 is 0 Å². The maximum absolute atomic E-state index is 13.1. The highest BCUT2D eigenvalue weighted by Crippen LogP contribution is 2.41. The lowest BCUT2D eigenvalue weighted by Crippen LogP contribution is -2.49. The van der Waals surface area contributed by atoms with Gasteiger partial charge in [-0.05, 0) is 12.5 Å². The molecule has 4 rings (SSSR count). The minimum Gasteiger partial charge on any atom is -0.369 e. The summed E-state index contributed by atoms with van der Waals surface area (Å²) in [6.45, 7) is 1.91. The Balaban J connectivity index is 1.67. The van der Waals surface area contributed by atoms with Crippen LogP contribution < -0.4 is 0 Å². The van der Waals surface area contributed by atoms with Gasteiger partial charge < -0.3 is 4.74 Å². The fourth-order valence-electron chi connectivity index (χ4n) is 4.16. The molecule has 2 aromatic rings. The Bertz CT molecular complexity index is 871. The van der Waals surface area contributed by atoms with Gasteiger partial charge in [0.25, 0.3) is 0 Å². The van der Waals surface area contributed by atoms with Crippen molar-refractivity contribution in [3.05, 3.63) is 71.3 Å². The third-order valence-electron chi connectivity index (χ3n) is 5.46. The van der Waals surface area contributed by atoms with E-state index in [0.29, 0.717) is 11.1 Å². The normalized spacial score (nSPS) is 26.2. The summed E-state index contributed by atoms with van der Waals surface area (Å²) in [6.07, 6.45) is -0.517. The molecule has 1 fully saturated rings. The summed E-state index contributed by atoms with van der Waals surface area (Å²) in [5, 5.41) is 0. The molecule has 0 saturated heterocycles. The van der Waals surface area contributed by atoms with E-state index in [1.807, 2.05) is 37.3 Å². The summed E-state index contributed by atoms with van der Waals surface area (Å²) < 4.78 is 6.16. The highest BCUT2D eigenvalue weighted by atomic mass is 16.5. The molecule has 0 N–H and O–H groups in total. The van der Waals surface area contributed by atoms with E-state index in [2.05, 4.69) is 0 Å². The fraction of sp³-hybridized carbons (Fsp3) is 0.318. The first-order chi connectivity index (χ1) is 12.6. The molecule has 0 radical (unpaired) electrons. The average molecular weight is 348 g/mol. The fourth-order valence-corrected chi connectivity index (χ4v) is 4.16. The number of hydrogen-bond donors (Lipinski definition) is 0. The molecular formula is C22H20O4. The topological polar surface area (TPSA) is 60.4 Å². The molecule has 2 aromatic carbocycles. The number of rotatable bonds is 3. The van der Waals surface area contributed by atoms with Gasteiger partial charge in [-0.3, -0.25) is 14.4 Å². The Labute approximate surface area is 152 Å². The molecule has 0 amide bonds. The average Bonchev–Trinajstić information content (AvgIpc) is 2.66. The summed E-state index contributed by atoms with van der Waals surface area (Å²) >= 11 is 0. The van der Waals surface area contributed by atoms with Crippen LogP contribution in [0.25, 0.3) is 0 Å². The molecule has 4 heteroatoms. The van der Waals surface area contributed by atoms with Crippen molar-refractivity contribution in [2.75, 3.05) is 0 Å². The van der Waals surface area contributed by atoms with Crippen LogP contribution in [0, 0.1) is 11.8 Å². The van der Waals surface area contributed by atoms with Crippen LogP contribution in [0.4, 0.5) is 0 Å². The van der Waals surface area contributed by atoms with Gasteiger partial charge in [-0.15, -0.1) is 0 Å². The molecule has 2 aliphatic rings. The second-order valence-electron chi connectivity index (χ2n) is 7.08. The van der Waals surface area contributed by atoms with Gasteiger partial charge in [0.15, 0.2) is 11.6 Å². The van der Waals surface area contributed by atoms with Gasteiger partial charge in [0, 0.05) is 29.9 Å². The molecule has 2 aliphatic carbocycles. The van der Waals surface area contributed by atoms with E-state index in [-0.39, 0.29) is 36.3 Å². The number of benzene rings is 2. The maximum atomic E-state index is 13.1. The minimum atomic E-state index is -0.605. The number of fused-ring (bicyclic) bond motifs is 2. The minimum absolute atomic E-state index is 0.0166. The van der Waals surface area contributed by atoms with Crippen LogP contribution in [0.15, 0.2) is 54.6 Å². The van der Waals surface area contributed by atoms with Gasteiger partial charge in [0.05, 0.1) is 18.1 Å². The molecule has 1 saturated carbocycles. The summed E-state index contributed by atoms with van der Waals surface area (Å²) in [4.78, 5) is 38.2.